The molecule has 1 rings (SSSR count). The summed E-state index contributed by atoms with van der Waals surface area (Å²) in [6, 6.07) is 7.67. The third-order valence-electron chi connectivity index (χ3n) is 3.01. The summed E-state index contributed by atoms with van der Waals surface area (Å²) in [5.74, 6) is 0. The van der Waals surface area contributed by atoms with Crippen LogP contribution in [-0.2, 0) is 16.3 Å². The monoisotopic (exact) mass is 269 g/mol. The highest BCUT2D eigenvalue weighted by molar-refractivity contribution is 7.90. The van der Waals surface area contributed by atoms with Crippen molar-refractivity contribution in [1.29, 1.82) is 0 Å². The molecule has 0 aliphatic heterocycles. The van der Waals surface area contributed by atoms with Crippen molar-refractivity contribution in [2.45, 2.75) is 44.0 Å². The molecular weight excluding hydrogens is 246 g/mol. The second kappa shape index (κ2) is 6.90. The fourth-order valence-electron chi connectivity index (χ4n) is 1.87. The summed E-state index contributed by atoms with van der Waals surface area (Å²) in [5.41, 5.74) is 1.18. The Kier molecular flexibility index (Phi) is 5.82. The van der Waals surface area contributed by atoms with Crippen molar-refractivity contribution in [3.8, 4) is 0 Å². The zero-order valence-corrected chi connectivity index (χ0v) is 12.3. The highest BCUT2D eigenvalue weighted by Gasteiger charge is 2.09. The maximum atomic E-state index is 11.4. The van der Waals surface area contributed by atoms with E-state index in [2.05, 4.69) is 19.2 Å². The van der Waals surface area contributed by atoms with Crippen LogP contribution in [0.15, 0.2) is 29.2 Å². The molecule has 0 radical (unpaired) electrons. The van der Waals surface area contributed by atoms with Crippen LogP contribution in [0, 0.1) is 0 Å². The third-order valence-corrected chi connectivity index (χ3v) is 4.14. The average Bonchev–Trinajstić information content (AvgIpc) is 2.34. The minimum Gasteiger partial charge on any atom is -0.314 e. The van der Waals surface area contributed by atoms with E-state index in [1.165, 1.54) is 11.8 Å². The van der Waals surface area contributed by atoms with Gasteiger partial charge in [0, 0.05) is 12.3 Å². The van der Waals surface area contributed by atoms with Gasteiger partial charge in [0.15, 0.2) is 9.84 Å². The number of sulfone groups is 1. The van der Waals surface area contributed by atoms with E-state index < -0.39 is 9.84 Å². The van der Waals surface area contributed by atoms with Crippen LogP contribution < -0.4 is 5.32 Å². The minimum atomic E-state index is -3.08. The third kappa shape index (κ3) is 4.78. The van der Waals surface area contributed by atoms with E-state index in [1.54, 1.807) is 12.1 Å². The lowest BCUT2D eigenvalue weighted by Gasteiger charge is -2.16. The number of rotatable bonds is 7. The standard InChI is InChI=1S/C14H23NO2S/c1-4-10-15-13(5-2)11-12-6-8-14(9-7-12)18(3,16)17/h6-9,13,15H,4-5,10-11H2,1-3H3. The maximum absolute atomic E-state index is 11.4. The van der Waals surface area contributed by atoms with Gasteiger partial charge in [0.1, 0.15) is 0 Å². The Labute approximate surface area is 111 Å². The molecule has 0 aliphatic carbocycles. The molecule has 1 aromatic rings. The first kappa shape index (κ1) is 15.2. The molecule has 0 bridgehead atoms. The lowest BCUT2D eigenvalue weighted by Crippen LogP contribution is -2.31. The van der Waals surface area contributed by atoms with Gasteiger partial charge in [-0.2, -0.15) is 0 Å². The summed E-state index contributed by atoms with van der Waals surface area (Å²) in [4.78, 5) is 0.390. The predicted molar refractivity (Wildman–Crippen MR) is 75.6 cm³/mol. The molecule has 1 aromatic carbocycles. The number of benzene rings is 1. The van der Waals surface area contributed by atoms with Crippen molar-refractivity contribution >= 4 is 9.84 Å². The molecule has 0 saturated carbocycles. The minimum absolute atomic E-state index is 0.390. The Morgan fingerprint density at radius 1 is 1.17 bits per heavy atom. The van der Waals surface area contributed by atoms with Crippen LogP contribution in [-0.4, -0.2) is 27.3 Å². The molecule has 0 saturated heterocycles. The van der Waals surface area contributed by atoms with Gasteiger partial charge in [0.25, 0.3) is 0 Å². The summed E-state index contributed by atoms with van der Waals surface area (Å²) in [7, 11) is -3.08. The maximum Gasteiger partial charge on any atom is 0.175 e. The molecule has 0 amide bonds. The molecule has 0 heterocycles. The van der Waals surface area contributed by atoms with Gasteiger partial charge < -0.3 is 5.32 Å². The van der Waals surface area contributed by atoms with Crippen LogP contribution in [0.2, 0.25) is 0 Å². The fourth-order valence-corrected chi connectivity index (χ4v) is 2.50. The van der Waals surface area contributed by atoms with Crippen LogP contribution in [0.1, 0.15) is 32.3 Å². The largest absolute Gasteiger partial charge is 0.314 e. The van der Waals surface area contributed by atoms with Gasteiger partial charge in [-0.15, -0.1) is 0 Å². The van der Waals surface area contributed by atoms with Crippen LogP contribution in [0.3, 0.4) is 0 Å². The van der Waals surface area contributed by atoms with Crippen molar-refractivity contribution in [2.75, 3.05) is 12.8 Å². The van der Waals surface area contributed by atoms with E-state index in [9.17, 15) is 8.42 Å². The first-order chi connectivity index (χ1) is 8.47. The second-order valence-electron chi connectivity index (χ2n) is 4.68. The Balaban J connectivity index is 2.68. The Hall–Kier alpha value is -0.870. The van der Waals surface area contributed by atoms with Crippen LogP contribution in [0.5, 0.6) is 0 Å². The van der Waals surface area contributed by atoms with Crippen molar-refractivity contribution in [3.05, 3.63) is 29.8 Å². The Morgan fingerprint density at radius 2 is 1.78 bits per heavy atom. The summed E-state index contributed by atoms with van der Waals surface area (Å²) in [6.45, 7) is 5.35. The van der Waals surface area contributed by atoms with Gasteiger partial charge in [-0.1, -0.05) is 26.0 Å². The molecule has 0 aromatic heterocycles. The lowest BCUT2D eigenvalue weighted by molar-refractivity contribution is 0.494. The topological polar surface area (TPSA) is 46.2 Å². The summed E-state index contributed by atoms with van der Waals surface area (Å²) < 4.78 is 22.7. The number of hydrogen-bond donors (Lipinski definition) is 1. The van der Waals surface area contributed by atoms with Crippen LogP contribution in [0.25, 0.3) is 0 Å². The van der Waals surface area contributed by atoms with E-state index in [4.69, 9.17) is 0 Å². The molecule has 0 spiro atoms. The van der Waals surface area contributed by atoms with E-state index in [-0.39, 0.29) is 0 Å². The van der Waals surface area contributed by atoms with E-state index in [0.717, 1.165) is 25.8 Å². The van der Waals surface area contributed by atoms with Gasteiger partial charge in [0.2, 0.25) is 0 Å². The highest BCUT2D eigenvalue weighted by atomic mass is 32.2. The molecule has 18 heavy (non-hydrogen) atoms. The van der Waals surface area contributed by atoms with E-state index in [0.29, 0.717) is 10.9 Å². The van der Waals surface area contributed by atoms with Gasteiger partial charge >= 0.3 is 0 Å². The number of hydrogen-bond acceptors (Lipinski definition) is 3. The second-order valence-corrected chi connectivity index (χ2v) is 6.70. The van der Waals surface area contributed by atoms with Crippen LogP contribution in [0.4, 0.5) is 0 Å². The first-order valence-corrected chi connectivity index (χ1v) is 8.38. The molecule has 4 heteroatoms. The van der Waals surface area contributed by atoms with Crippen LogP contribution >= 0.6 is 0 Å². The van der Waals surface area contributed by atoms with Gasteiger partial charge in [-0.25, -0.2) is 8.42 Å². The zero-order valence-electron chi connectivity index (χ0n) is 11.4. The first-order valence-electron chi connectivity index (χ1n) is 6.49. The summed E-state index contributed by atoms with van der Waals surface area (Å²) in [5, 5.41) is 3.49. The molecular formula is C14H23NO2S. The van der Waals surface area contributed by atoms with Crippen molar-refractivity contribution in [2.24, 2.45) is 0 Å². The van der Waals surface area contributed by atoms with Gasteiger partial charge in [-0.3, -0.25) is 0 Å². The van der Waals surface area contributed by atoms with Gasteiger partial charge in [0.05, 0.1) is 4.90 Å². The molecule has 3 nitrogen and oxygen atoms in total. The number of nitrogens with one attached hydrogen (secondary N) is 1. The van der Waals surface area contributed by atoms with E-state index >= 15 is 0 Å². The smallest absolute Gasteiger partial charge is 0.175 e. The lowest BCUT2D eigenvalue weighted by atomic mass is 10.0. The van der Waals surface area contributed by atoms with Crippen molar-refractivity contribution in [3.63, 3.8) is 0 Å². The molecule has 1 unspecified atom stereocenters. The Morgan fingerprint density at radius 3 is 2.22 bits per heavy atom. The van der Waals surface area contributed by atoms with Crippen molar-refractivity contribution in [1.82, 2.24) is 5.32 Å². The Bertz CT molecular complexity index is 451. The summed E-state index contributed by atoms with van der Waals surface area (Å²) in [6.07, 6.45) is 4.39. The quantitative estimate of drug-likeness (QED) is 0.827. The van der Waals surface area contributed by atoms with Gasteiger partial charge in [-0.05, 0) is 43.5 Å². The summed E-state index contributed by atoms with van der Waals surface area (Å²) >= 11 is 0. The molecule has 102 valence electrons. The molecule has 1 atom stereocenters. The fraction of sp³-hybridized carbons (Fsp3) is 0.571. The molecule has 0 aliphatic rings. The molecule has 0 fully saturated rings. The van der Waals surface area contributed by atoms with Crippen molar-refractivity contribution < 1.29 is 8.42 Å². The predicted octanol–water partition coefficient (Wildman–Crippen LogP) is 2.41. The normalized spacial score (nSPS) is 13.5. The average molecular weight is 269 g/mol. The highest BCUT2D eigenvalue weighted by Crippen LogP contribution is 2.12. The SMILES string of the molecule is CCCNC(CC)Cc1ccc(S(C)(=O)=O)cc1. The van der Waals surface area contributed by atoms with E-state index in [1.807, 2.05) is 12.1 Å². The molecule has 1 N–H and O–H groups in total. The zero-order chi connectivity index (χ0) is 13.6.